The molecule has 0 aliphatic carbocycles. The van der Waals surface area contributed by atoms with Crippen LogP contribution in [-0.4, -0.2) is 75.6 Å². The van der Waals surface area contributed by atoms with Gasteiger partial charge in [0.15, 0.2) is 0 Å². The van der Waals surface area contributed by atoms with E-state index >= 15 is 0 Å². The van der Waals surface area contributed by atoms with Gasteiger partial charge < -0.3 is 9.80 Å². The average Bonchev–Trinajstić information content (AvgIpc) is 3.40. The lowest BCUT2D eigenvalue weighted by atomic mass is 9.79. The van der Waals surface area contributed by atoms with Crippen LogP contribution in [0.5, 0.6) is 0 Å². The van der Waals surface area contributed by atoms with Gasteiger partial charge in [0, 0.05) is 76.5 Å². The Labute approximate surface area is 167 Å². The Morgan fingerprint density at radius 1 is 1.11 bits per heavy atom. The van der Waals surface area contributed by atoms with Gasteiger partial charge in [0.05, 0.1) is 11.1 Å². The first-order chi connectivity index (χ1) is 13.4. The van der Waals surface area contributed by atoms with Crippen molar-refractivity contribution in [3.63, 3.8) is 0 Å². The Bertz CT molecular complexity index is 782. The van der Waals surface area contributed by atoms with Gasteiger partial charge in [-0.3, -0.25) is 19.2 Å². The van der Waals surface area contributed by atoms with Crippen LogP contribution in [0.25, 0.3) is 0 Å². The molecule has 0 bridgehead atoms. The molecule has 28 heavy (non-hydrogen) atoms. The van der Waals surface area contributed by atoms with Gasteiger partial charge in [0.25, 0.3) is 0 Å². The Morgan fingerprint density at radius 3 is 2.43 bits per heavy atom. The second kappa shape index (κ2) is 7.17. The summed E-state index contributed by atoms with van der Waals surface area (Å²) in [6.07, 6.45) is 2.20. The number of hydrogen-bond donors (Lipinski definition) is 0. The van der Waals surface area contributed by atoms with E-state index in [4.69, 9.17) is 0 Å². The standard InChI is InChI=1S/C21H33N5O2/c1-5-26-16(3)19(15(2)22-26)12-23-10-18-11-25(17(4)27)14-21(18,13-23)20(28)24-8-6-7-9-24/h18H,5-14H2,1-4H3/t18-,21-/m1/s1. The maximum Gasteiger partial charge on any atom is 0.232 e. The Balaban J connectivity index is 1.57. The van der Waals surface area contributed by atoms with E-state index in [2.05, 4.69) is 35.5 Å². The molecule has 0 aromatic carbocycles. The summed E-state index contributed by atoms with van der Waals surface area (Å²) in [5, 5.41) is 4.66. The molecule has 1 aromatic heterocycles. The van der Waals surface area contributed by atoms with Crippen molar-refractivity contribution in [2.45, 2.75) is 53.6 Å². The fraction of sp³-hybridized carbons (Fsp3) is 0.762. The van der Waals surface area contributed by atoms with Crippen molar-refractivity contribution in [3.05, 3.63) is 17.0 Å². The summed E-state index contributed by atoms with van der Waals surface area (Å²) < 4.78 is 2.06. The molecule has 1 aromatic rings. The van der Waals surface area contributed by atoms with Crippen molar-refractivity contribution in [2.75, 3.05) is 39.3 Å². The van der Waals surface area contributed by atoms with E-state index in [1.165, 1.54) is 11.3 Å². The van der Waals surface area contributed by atoms with Crippen molar-refractivity contribution in [1.29, 1.82) is 0 Å². The van der Waals surface area contributed by atoms with Gasteiger partial charge in [-0.25, -0.2) is 0 Å². The summed E-state index contributed by atoms with van der Waals surface area (Å²) in [5.74, 6) is 0.593. The van der Waals surface area contributed by atoms with Crippen molar-refractivity contribution < 1.29 is 9.59 Å². The molecule has 0 saturated carbocycles. The minimum absolute atomic E-state index is 0.0884. The first-order valence-corrected chi connectivity index (χ1v) is 10.7. The summed E-state index contributed by atoms with van der Waals surface area (Å²) in [5.41, 5.74) is 3.16. The number of aromatic nitrogens is 2. The molecule has 4 heterocycles. The fourth-order valence-corrected chi connectivity index (χ4v) is 5.56. The molecule has 3 saturated heterocycles. The molecule has 3 aliphatic rings. The molecule has 3 fully saturated rings. The topological polar surface area (TPSA) is 61.7 Å². The second-order valence-corrected chi connectivity index (χ2v) is 8.89. The predicted molar refractivity (Wildman–Crippen MR) is 107 cm³/mol. The van der Waals surface area contributed by atoms with Crippen LogP contribution < -0.4 is 0 Å². The van der Waals surface area contributed by atoms with Gasteiger partial charge in [0.2, 0.25) is 11.8 Å². The molecule has 2 atom stereocenters. The van der Waals surface area contributed by atoms with Crippen LogP contribution in [0.1, 0.15) is 43.6 Å². The molecule has 0 spiro atoms. The van der Waals surface area contributed by atoms with E-state index in [1.54, 1.807) is 6.92 Å². The molecule has 0 radical (unpaired) electrons. The lowest BCUT2D eigenvalue weighted by molar-refractivity contribution is -0.141. The highest BCUT2D eigenvalue weighted by Crippen LogP contribution is 2.45. The first kappa shape index (κ1) is 19.4. The Morgan fingerprint density at radius 2 is 1.82 bits per heavy atom. The van der Waals surface area contributed by atoms with E-state index in [1.807, 2.05) is 9.80 Å². The number of aryl methyl sites for hydroxylation is 2. The van der Waals surface area contributed by atoms with Gasteiger partial charge in [-0.05, 0) is 33.6 Å². The van der Waals surface area contributed by atoms with E-state index < -0.39 is 5.41 Å². The highest BCUT2D eigenvalue weighted by Gasteiger charge is 2.58. The fourth-order valence-electron chi connectivity index (χ4n) is 5.56. The summed E-state index contributed by atoms with van der Waals surface area (Å²) >= 11 is 0. The van der Waals surface area contributed by atoms with Crippen LogP contribution in [0.3, 0.4) is 0 Å². The number of carbonyl (C=O) groups excluding carboxylic acids is 2. The third-order valence-electron chi connectivity index (χ3n) is 7.16. The maximum atomic E-state index is 13.5. The monoisotopic (exact) mass is 387 g/mol. The van der Waals surface area contributed by atoms with Crippen LogP contribution in [0.4, 0.5) is 0 Å². The molecular weight excluding hydrogens is 354 g/mol. The highest BCUT2D eigenvalue weighted by atomic mass is 16.2. The Hall–Kier alpha value is -1.89. The molecule has 0 unspecified atom stereocenters. The normalized spacial score (nSPS) is 27.6. The second-order valence-electron chi connectivity index (χ2n) is 8.89. The first-order valence-electron chi connectivity index (χ1n) is 10.7. The van der Waals surface area contributed by atoms with E-state index in [9.17, 15) is 9.59 Å². The third-order valence-corrected chi connectivity index (χ3v) is 7.16. The molecule has 2 amide bonds. The van der Waals surface area contributed by atoms with E-state index in [-0.39, 0.29) is 17.7 Å². The summed E-state index contributed by atoms with van der Waals surface area (Å²) in [4.78, 5) is 31.9. The number of hydrogen-bond acceptors (Lipinski definition) is 4. The Kier molecular flexibility index (Phi) is 4.98. The lowest BCUT2D eigenvalue weighted by Crippen LogP contribution is -2.49. The average molecular weight is 388 g/mol. The highest BCUT2D eigenvalue weighted by molar-refractivity contribution is 5.86. The smallest absolute Gasteiger partial charge is 0.232 e. The van der Waals surface area contributed by atoms with E-state index in [0.29, 0.717) is 13.1 Å². The minimum Gasteiger partial charge on any atom is -0.342 e. The molecule has 0 N–H and O–H groups in total. The minimum atomic E-state index is -0.432. The van der Waals surface area contributed by atoms with Gasteiger partial charge in [-0.1, -0.05) is 0 Å². The molecular formula is C21H33N5O2. The lowest BCUT2D eigenvalue weighted by Gasteiger charge is -2.32. The zero-order valence-electron chi connectivity index (χ0n) is 17.7. The molecule has 3 aliphatic heterocycles. The van der Waals surface area contributed by atoms with E-state index in [0.717, 1.165) is 57.8 Å². The van der Waals surface area contributed by atoms with Crippen LogP contribution in [0.15, 0.2) is 0 Å². The summed E-state index contributed by atoms with van der Waals surface area (Å²) in [6.45, 7) is 14.3. The largest absolute Gasteiger partial charge is 0.342 e. The van der Waals surface area contributed by atoms with Crippen molar-refractivity contribution in [2.24, 2.45) is 11.3 Å². The van der Waals surface area contributed by atoms with Crippen molar-refractivity contribution in [1.82, 2.24) is 24.5 Å². The van der Waals surface area contributed by atoms with Gasteiger partial charge in [-0.15, -0.1) is 0 Å². The number of likely N-dealkylation sites (tertiary alicyclic amines) is 3. The number of nitrogens with zero attached hydrogens (tertiary/aromatic N) is 5. The number of amides is 2. The zero-order chi connectivity index (χ0) is 20.1. The molecule has 154 valence electrons. The van der Waals surface area contributed by atoms with Crippen LogP contribution in [0, 0.1) is 25.2 Å². The van der Waals surface area contributed by atoms with Crippen LogP contribution in [-0.2, 0) is 22.7 Å². The molecule has 7 nitrogen and oxygen atoms in total. The van der Waals surface area contributed by atoms with Gasteiger partial charge in [0.1, 0.15) is 0 Å². The zero-order valence-corrected chi connectivity index (χ0v) is 17.7. The number of rotatable bonds is 4. The number of carbonyl (C=O) groups is 2. The van der Waals surface area contributed by atoms with Crippen LogP contribution in [0.2, 0.25) is 0 Å². The molecule has 7 heteroatoms. The van der Waals surface area contributed by atoms with Crippen molar-refractivity contribution >= 4 is 11.8 Å². The van der Waals surface area contributed by atoms with Gasteiger partial charge >= 0.3 is 0 Å². The van der Waals surface area contributed by atoms with Crippen LogP contribution >= 0.6 is 0 Å². The van der Waals surface area contributed by atoms with Gasteiger partial charge in [-0.2, -0.15) is 5.10 Å². The quantitative estimate of drug-likeness (QED) is 0.784. The summed E-state index contributed by atoms with van der Waals surface area (Å²) in [6, 6.07) is 0. The SMILES string of the molecule is CCn1nc(C)c(CN2C[C@@H]3CN(C(C)=O)C[C@]3(C(=O)N3CCCC3)C2)c1C. The third kappa shape index (κ3) is 3.04. The molecule has 4 rings (SSSR count). The summed E-state index contributed by atoms with van der Waals surface area (Å²) in [7, 11) is 0. The predicted octanol–water partition coefficient (Wildman–Crippen LogP) is 1.42. The van der Waals surface area contributed by atoms with Crippen molar-refractivity contribution in [3.8, 4) is 0 Å². The number of fused-ring (bicyclic) bond motifs is 1. The maximum absolute atomic E-state index is 13.5.